The Morgan fingerprint density at radius 1 is 1.33 bits per heavy atom. The highest BCUT2D eigenvalue weighted by molar-refractivity contribution is 4.73. The van der Waals surface area contributed by atoms with Gasteiger partial charge in [0, 0.05) is 25.7 Å². The number of rotatable bonds is 6. The summed E-state index contributed by atoms with van der Waals surface area (Å²) in [5, 5.41) is 0. The fraction of sp³-hybridized carbons (Fsp3) is 1.00. The number of nitrogens with two attached hydrogens (primary N) is 1. The van der Waals surface area contributed by atoms with Crippen LogP contribution in [0.15, 0.2) is 0 Å². The van der Waals surface area contributed by atoms with Crippen LogP contribution in [0.3, 0.4) is 0 Å². The van der Waals surface area contributed by atoms with E-state index < -0.39 is 0 Å². The van der Waals surface area contributed by atoms with Crippen LogP contribution in [-0.2, 0) is 4.74 Å². The van der Waals surface area contributed by atoms with Crippen molar-refractivity contribution in [3.8, 4) is 0 Å². The van der Waals surface area contributed by atoms with E-state index in [9.17, 15) is 0 Å². The molecule has 1 fully saturated rings. The van der Waals surface area contributed by atoms with Crippen molar-refractivity contribution < 1.29 is 4.74 Å². The van der Waals surface area contributed by atoms with Gasteiger partial charge in [0.05, 0.1) is 6.10 Å². The quantitative estimate of drug-likeness (QED) is 0.730. The lowest BCUT2D eigenvalue weighted by molar-refractivity contribution is 0.0138. The Morgan fingerprint density at radius 3 is 2.53 bits per heavy atom. The second-order valence-electron chi connectivity index (χ2n) is 4.45. The van der Waals surface area contributed by atoms with E-state index in [4.69, 9.17) is 10.5 Å². The van der Waals surface area contributed by atoms with E-state index in [0.717, 1.165) is 26.0 Å². The first-order valence-corrected chi connectivity index (χ1v) is 6.35. The molecule has 0 aromatic carbocycles. The van der Waals surface area contributed by atoms with Crippen molar-refractivity contribution in [2.45, 2.75) is 51.7 Å². The summed E-state index contributed by atoms with van der Waals surface area (Å²) in [6, 6.07) is 0.384. The van der Waals surface area contributed by atoms with Crippen molar-refractivity contribution in [3.05, 3.63) is 0 Å². The molecule has 0 radical (unpaired) electrons. The van der Waals surface area contributed by atoms with Crippen LogP contribution in [0.2, 0.25) is 0 Å². The van der Waals surface area contributed by atoms with Crippen LogP contribution < -0.4 is 5.73 Å². The fourth-order valence-corrected chi connectivity index (χ4v) is 2.09. The summed E-state index contributed by atoms with van der Waals surface area (Å²) < 4.78 is 5.63. The summed E-state index contributed by atoms with van der Waals surface area (Å²) in [5.74, 6) is 0. The number of piperidine rings is 1. The van der Waals surface area contributed by atoms with Crippen molar-refractivity contribution in [1.29, 1.82) is 0 Å². The van der Waals surface area contributed by atoms with E-state index in [1.54, 1.807) is 0 Å². The Morgan fingerprint density at radius 2 is 2.00 bits per heavy atom. The maximum absolute atomic E-state index is 5.91. The Kier molecular flexibility index (Phi) is 6.22. The molecular formula is C12H26N2O. The highest BCUT2D eigenvalue weighted by Gasteiger charge is 2.18. The maximum Gasteiger partial charge on any atom is 0.0599 e. The van der Waals surface area contributed by atoms with Gasteiger partial charge in [-0.05, 0) is 39.2 Å². The van der Waals surface area contributed by atoms with Crippen LogP contribution in [0.5, 0.6) is 0 Å². The van der Waals surface area contributed by atoms with E-state index in [2.05, 4.69) is 18.7 Å². The minimum Gasteiger partial charge on any atom is -0.378 e. The predicted molar refractivity (Wildman–Crippen MR) is 64.0 cm³/mol. The van der Waals surface area contributed by atoms with Gasteiger partial charge in [-0.3, -0.25) is 0 Å². The lowest BCUT2D eigenvalue weighted by Gasteiger charge is -2.32. The number of ether oxygens (including phenoxy) is 1. The molecule has 0 bridgehead atoms. The highest BCUT2D eigenvalue weighted by atomic mass is 16.5. The standard InChI is InChI=1S/C12H26N2O/c1-3-11(13)5-8-14-9-6-12(7-10-14)15-4-2/h11-12H,3-10,13H2,1-2H3. The van der Waals surface area contributed by atoms with Gasteiger partial charge < -0.3 is 15.4 Å². The zero-order chi connectivity index (χ0) is 11.1. The second-order valence-corrected chi connectivity index (χ2v) is 4.45. The van der Waals surface area contributed by atoms with E-state index >= 15 is 0 Å². The van der Waals surface area contributed by atoms with Crippen LogP contribution >= 0.6 is 0 Å². The van der Waals surface area contributed by atoms with E-state index in [0.29, 0.717) is 12.1 Å². The van der Waals surface area contributed by atoms with Crippen molar-refractivity contribution in [1.82, 2.24) is 4.90 Å². The minimum absolute atomic E-state index is 0.384. The third-order valence-electron chi connectivity index (χ3n) is 3.28. The first kappa shape index (κ1) is 12.9. The van der Waals surface area contributed by atoms with Gasteiger partial charge in [0.1, 0.15) is 0 Å². The summed E-state index contributed by atoms with van der Waals surface area (Å²) in [7, 11) is 0. The fourth-order valence-electron chi connectivity index (χ4n) is 2.09. The molecule has 0 spiro atoms. The molecule has 1 aliphatic rings. The van der Waals surface area contributed by atoms with Crippen molar-refractivity contribution >= 4 is 0 Å². The van der Waals surface area contributed by atoms with Gasteiger partial charge in [0.2, 0.25) is 0 Å². The molecule has 1 heterocycles. The van der Waals surface area contributed by atoms with Gasteiger partial charge in [-0.2, -0.15) is 0 Å². The minimum atomic E-state index is 0.384. The predicted octanol–water partition coefficient (Wildman–Crippen LogP) is 1.61. The Balaban J connectivity index is 2.09. The number of hydrogen-bond donors (Lipinski definition) is 1. The molecule has 0 amide bonds. The maximum atomic E-state index is 5.91. The first-order chi connectivity index (χ1) is 7.26. The lowest BCUT2D eigenvalue weighted by atomic mass is 10.1. The zero-order valence-corrected chi connectivity index (χ0v) is 10.2. The van der Waals surface area contributed by atoms with Crippen LogP contribution in [0, 0.1) is 0 Å². The third kappa shape index (κ3) is 4.96. The average molecular weight is 214 g/mol. The van der Waals surface area contributed by atoms with Crippen molar-refractivity contribution in [3.63, 3.8) is 0 Å². The topological polar surface area (TPSA) is 38.5 Å². The van der Waals surface area contributed by atoms with Crippen molar-refractivity contribution in [2.75, 3.05) is 26.2 Å². The molecular weight excluding hydrogens is 188 g/mol. The monoisotopic (exact) mass is 214 g/mol. The third-order valence-corrected chi connectivity index (χ3v) is 3.28. The summed E-state index contributed by atoms with van der Waals surface area (Å²) >= 11 is 0. The van der Waals surface area contributed by atoms with Gasteiger partial charge in [0.25, 0.3) is 0 Å². The summed E-state index contributed by atoms with van der Waals surface area (Å²) in [5.41, 5.74) is 5.91. The summed E-state index contributed by atoms with van der Waals surface area (Å²) in [6.45, 7) is 8.61. The SMILES string of the molecule is CCOC1CCN(CCC(N)CC)CC1. The van der Waals surface area contributed by atoms with Crippen LogP contribution in [-0.4, -0.2) is 43.3 Å². The highest BCUT2D eigenvalue weighted by Crippen LogP contribution is 2.14. The van der Waals surface area contributed by atoms with Crippen LogP contribution in [0.25, 0.3) is 0 Å². The summed E-state index contributed by atoms with van der Waals surface area (Å²) in [6.07, 6.45) is 5.11. The lowest BCUT2D eigenvalue weighted by Crippen LogP contribution is -2.39. The van der Waals surface area contributed by atoms with E-state index in [1.807, 2.05) is 0 Å². The molecule has 0 aromatic rings. The molecule has 3 nitrogen and oxygen atoms in total. The smallest absolute Gasteiger partial charge is 0.0599 e. The molecule has 15 heavy (non-hydrogen) atoms. The molecule has 1 aliphatic heterocycles. The first-order valence-electron chi connectivity index (χ1n) is 6.35. The van der Waals surface area contributed by atoms with Crippen LogP contribution in [0.4, 0.5) is 0 Å². The number of nitrogens with zero attached hydrogens (tertiary/aromatic N) is 1. The molecule has 1 rings (SSSR count). The van der Waals surface area contributed by atoms with Gasteiger partial charge in [0.15, 0.2) is 0 Å². The Bertz CT molecular complexity index is 156. The van der Waals surface area contributed by atoms with Gasteiger partial charge in [-0.25, -0.2) is 0 Å². The molecule has 0 aliphatic carbocycles. The molecule has 1 saturated heterocycles. The molecule has 3 heteroatoms. The van der Waals surface area contributed by atoms with Crippen molar-refractivity contribution in [2.24, 2.45) is 5.73 Å². The number of hydrogen-bond acceptors (Lipinski definition) is 3. The Hall–Kier alpha value is -0.120. The number of likely N-dealkylation sites (tertiary alicyclic amines) is 1. The molecule has 1 atom stereocenters. The molecule has 0 saturated carbocycles. The van der Waals surface area contributed by atoms with Gasteiger partial charge in [-0.1, -0.05) is 6.92 Å². The van der Waals surface area contributed by atoms with Crippen LogP contribution in [0.1, 0.15) is 39.5 Å². The molecule has 2 N–H and O–H groups in total. The van der Waals surface area contributed by atoms with Gasteiger partial charge >= 0.3 is 0 Å². The molecule has 90 valence electrons. The zero-order valence-electron chi connectivity index (χ0n) is 10.2. The average Bonchev–Trinajstić information content (AvgIpc) is 2.28. The molecule has 1 unspecified atom stereocenters. The summed E-state index contributed by atoms with van der Waals surface area (Å²) in [4.78, 5) is 2.52. The van der Waals surface area contributed by atoms with Gasteiger partial charge in [-0.15, -0.1) is 0 Å². The Labute approximate surface area is 94.0 Å². The normalized spacial score (nSPS) is 21.8. The largest absolute Gasteiger partial charge is 0.378 e. The molecule has 0 aromatic heterocycles. The van der Waals surface area contributed by atoms with E-state index in [1.165, 1.54) is 25.9 Å². The van der Waals surface area contributed by atoms with E-state index in [-0.39, 0.29) is 0 Å². The second kappa shape index (κ2) is 7.20.